The number of rotatable bonds is 18. The number of hydrogen-bond donors (Lipinski definition) is 1. The summed E-state index contributed by atoms with van der Waals surface area (Å²) in [5, 5.41) is 8.95. The van der Waals surface area contributed by atoms with Crippen molar-refractivity contribution in [2.45, 2.75) is 89.1 Å². The molecule has 0 aliphatic carbocycles. The van der Waals surface area contributed by atoms with E-state index in [1.807, 2.05) is 11.8 Å². The quantitative estimate of drug-likeness (QED) is 0.185. The highest BCUT2D eigenvalue weighted by Crippen LogP contribution is 2.41. The Labute approximate surface area is 187 Å². The van der Waals surface area contributed by atoms with Crippen LogP contribution in [0.2, 0.25) is 0 Å². The Kier molecular flexibility index (Phi) is 16.2. The third kappa shape index (κ3) is 13.1. The summed E-state index contributed by atoms with van der Waals surface area (Å²) in [4.78, 5) is 10.9. The molecular formula is C25H40O2S2. The zero-order chi connectivity index (χ0) is 21.2. The van der Waals surface area contributed by atoms with Gasteiger partial charge in [0.1, 0.15) is 0 Å². The van der Waals surface area contributed by atoms with Crippen LogP contribution < -0.4 is 0 Å². The van der Waals surface area contributed by atoms with Crippen molar-refractivity contribution >= 4 is 35.6 Å². The molecule has 1 N–H and O–H groups in total. The predicted molar refractivity (Wildman–Crippen MR) is 133 cm³/mol. The third-order valence-corrected chi connectivity index (χ3v) is 7.84. The van der Waals surface area contributed by atoms with Gasteiger partial charge >= 0.3 is 5.97 Å². The van der Waals surface area contributed by atoms with Crippen molar-refractivity contribution in [1.82, 2.24) is 0 Å². The van der Waals surface area contributed by atoms with Gasteiger partial charge in [0, 0.05) is 5.75 Å². The van der Waals surface area contributed by atoms with Crippen molar-refractivity contribution in [2.75, 3.05) is 11.5 Å². The molecule has 4 heteroatoms. The van der Waals surface area contributed by atoms with E-state index in [1.54, 1.807) is 11.8 Å². The molecule has 0 aromatic heterocycles. The number of carboxylic acids is 1. The summed E-state index contributed by atoms with van der Waals surface area (Å²) in [5.41, 5.74) is 2.61. The fourth-order valence-corrected chi connectivity index (χ4v) is 5.90. The molecule has 0 saturated carbocycles. The minimum absolute atomic E-state index is 0.226. The van der Waals surface area contributed by atoms with E-state index in [1.165, 1.54) is 62.5 Å². The first kappa shape index (κ1) is 26.2. The lowest BCUT2D eigenvalue weighted by Crippen LogP contribution is -2.00. The SMILES string of the molecule is CCCCCCCCCC/C=C/c1ccccc1C(SCCC)SCCC(=O)O. The maximum atomic E-state index is 10.9. The van der Waals surface area contributed by atoms with E-state index < -0.39 is 5.97 Å². The van der Waals surface area contributed by atoms with Gasteiger partial charge in [0.25, 0.3) is 0 Å². The van der Waals surface area contributed by atoms with Crippen LogP contribution in [0.3, 0.4) is 0 Å². The minimum atomic E-state index is -0.713. The van der Waals surface area contributed by atoms with Crippen LogP contribution in [-0.2, 0) is 4.79 Å². The number of carbonyl (C=O) groups is 1. The molecule has 1 atom stereocenters. The standard InChI is InChI=1S/C25H40O2S2/c1-3-5-6-7-8-9-10-11-12-13-16-22-17-14-15-18-23(22)25(28-20-4-2)29-21-19-24(26)27/h13-18,25H,3-12,19-21H2,1-2H3,(H,26,27)/b16-13+. The second-order valence-corrected chi connectivity index (χ2v) is 10.2. The first-order valence-corrected chi connectivity index (χ1v) is 13.5. The Morgan fingerprint density at radius 1 is 0.931 bits per heavy atom. The summed E-state index contributed by atoms with van der Waals surface area (Å²) in [7, 11) is 0. The zero-order valence-corrected chi connectivity index (χ0v) is 20.0. The van der Waals surface area contributed by atoms with E-state index in [2.05, 4.69) is 50.3 Å². The molecule has 0 radical (unpaired) electrons. The fourth-order valence-electron chi connectivity index (χ4n) is 3.19. The maximum Gasteiger partial charge on any atom is 0.304 e. The Balaban J connectivity index is 2.50. The Bertz CT molecular complexity index is 572. The molecule has 1 rings (SSSR count). The van der Waals surface area contributed by atoms with Gasteiger partial charge in [-0.2, -0.15) is 0 Å². The monoisotopic (exact) mass is 436 g/mol. The van der Waals surface area contributed by atoms with E-state index in [4.69, 9.17) is 5.11 Å². The normalized spacial score (nSPS) is 12.5. The summed E-state index contributed by atoms with van der Waals surface area (Å²) < 4.78 is 0.304. The topological polar surface area (TPSA) is 37.3 Å². The average Bonchev–Trinajstić information content (AvgIpc) is 2.72. The Morgan fingerprint density at radius 3 is 2.28 bits per heavy atom. The summed E-state index contributed by atoms with van der Waals surface area (Å²) in [5.74, 6) is 1.05. The molecule has 0 amide bonds. The Hall–Kier alpha value is -0.870. The number of benzene rings is 1. The summed E-state index contributed by atoms with van der Waals surface area (Å²) in [6.45, 7) is 4.46. The van der Waals surface area contributed by atoms with Crippen molar-refractivity contribution in [3.05, 3.63) is 41.5 Å². The summed E-state index contributed by atoms with van der Waals surface area (Å²) in [6.07, 6.45) is 17.9. The van der Waals surface area contributed by atoms with Crippen molar-refractivity contribution < 1.29 is 9.90 Å². The van der Waals surface area contributed by atoms with Gasteiger partial charge in [-0.05, 0) is 36.1 Å². The van der Waals surface area contributed by atoms with Crippen LogP contribution >= 0.6 is 23.5 Å². The maximum absolute atomic E-state index is 10.9. The molecule has 1 aromatic rings. The lowest BCUT2D eigenvalue weighted by molar-refractivity contribution is -0.136. The number of aliphatic carboxylic acids is 1. The van der Waals surface area contributed by atoms with Gasteiger partial charge in [-0.1, -0.05) is 95.2 Å². The number of unbranched alkanes of at least 4 members (excludes halogenated alkanes) is 8. The van der Waals surface area contributed by atoms with Gasteiger partial charge < -0.3 is 5.11 Å². The second kappa shape index (κ2) is 17.9. The van der Waals surface area contributed by atoms with Crippen LogP contribution in [0, 0.1) is 0 Å². The molecular weight excluding hydrogens is 396 g/mol. The highest BCUT2D eigenvalue weighted by molar-refractivity contribution is 8.16. The molecule has 0 aliphatic rings. The van der Waals surface area contributed by atoms with E-state index >= 15 is 0 Å². The molecule has 1 unspecified atom stereocenters. The highest BCUT2D eigenvalue weighted by atomic mass is 32.2. The second-order valence-electron chi connectivity index (χ2n) is 7.51. The number of thioether (sulfide) groups is 2. The van der Waals surface area contributed by atoms with E-state index in [0.29, 0.717) is 10.3 Å². The van der Waals surface area contributed by atoms with Gasteiger partial charge in [-0.25, -0.2) is 0 Å². The van der Waals surface area contributed by atoms with Crippen LogP contribution in [-0.4, -0.2) is 22.6 Å². The molecule has 0 fully saturated rings. The molecule has 0 spiro atoms. The fraction of sp³-hybridized carbons (Fsp3) is 0.640. The lowest BCUT2D eigenvalue weighted by Gasteiger charge is -2.18. The lowest BCUT2D eigenvalue weighted by atomic mass is 10.1. The Morgan fingerprint density at radius 2 is 1.59 bits per heavy atom. The van der Waals surface area contributed by atoms with Crippen molar-refractivity contribution in [3.63, 3.8) is 0 Å². The molecule has 29 heavy (non-hydrogen) atoms. The van der Waals surface area contributed by atoms with Gasteiger partial charge in [0.15, 0.2) is 0 Å². The molecule has 2 nitrogen and oxygen atoms in total. The largest absolute Gasteiger partial charge is 0.481 e. The molecule has 0 heterocycles. The first-order valence-electron chi connectivity index (χ1n) is 11.4. The number of carboxylic acid groups (broad SMARTS) is 1. The third-order valence-electron chi connectivity index (χ3n) is 4.83. The molecule has 164 valence electrons. The van der Waals surface area contributed by atoms with Crippen LogP contribution in [0.5, 0.6) is 0 Å². The van der Waals surface area contributed by atoms with Crippen molar-refractivity contribution in [3.8, 4) is 0 Å². The van der Waals surface area contributed by atoms with Gasteiger partial charge in [-0.15, -0.1) is 23.5 Å². The van der Waals surface area contributed by atoms with Crippen LogP contribution in [0.15, 0.2) is 30.3 Å². The highest BCUT2D eigenvalue weighted by Gasteiger charge is 2.15. The predicted octanol–water partition coefficient (Wildman–Crippen LogP) is 8.58. The average molecular weight is 437 g/mol. The summed E-state index contributed by atoms with van der Waals surface area (Å²) >= 11 is 3.70. The smallest absolute Gasteiger partial charge is 0.304 e. The zero-order valence-electron chi connectivity index (χ0n) is 18.4. The van der Waals surface area contributed by atoms with E-state index in [0.717, 1.165) is 18.6 Å². The van der Waals surface area contributed by atoms with E-state index in [-0.39, 0.29) is 6.42 Å². The number of allylic oxidation sites excluding steroid dienone is 1. The van der Waals surface area contributed by atoms with Crippen LogP contribution in [0.25, 0.3) is 6.08 Å². The molecule has 0 bridgehead atoms. The molecule has 0 aliphatic heterocycles. The van der Waals surface area contributed by atoms with Gasteiger partial charge in [-0.3, -0.25) is 4.79 Å². The van der Waals surface area contributed by atoms with Crippen molar-refractivity contribution in [1.29, 1.82) is 0 Å². The summed E-state index contributed by atoms with van der Waals surface area (Å²) in [6, 6.07) is 8.60. The van der Waals surface area contributed by atoms with E-state index in [9.17, 15) is 4.79 Å². The number of hydrogen-bond acceptors (Lipinski definition) is 3. The minimum Gasteiger partial charge on any atom is -0.481 e. The van der Waals surface area contributed by atoms with Crippen LogP contribution in [0.4, 0.5) is 0 Å². The van der Waals surface area contributed by atoms with Crippen LogP contribution in [0.1, 0.15) is 100 Å². The molecule has 0 saturated heterocycles. The van der Waals surface area contributed by atoms with Crippen molar-refractivity contribution in [2.24, 2.45) is 0 Å². The van der Waals surface area contributed by atoms with Gasteiger partial charge in [0.2, 0.25) is 0 Å². The molecule has 1 aromatic carbocycles. The first-order chi connectivity index (χ1) is 14.2. The van der Waals surface area contributed by atoms with Gasteiger partial charge in [0.05, 0.1) is 11.0 Å².